The van der Waals surface area contributed by atoms with Gasteiger partial charge >= 0.3 is 0 Å². The van der Waals surface area contributed by atoms with Crippen LogP contribution in [0.1, 0.15) is 23.2 Å². The third kappa shape index (κ3) is 5.41. The maximum atomic E-state index is 12.4. The molecule has 2 aromatic carbocycles. The first-order chi connectivity index (χ1) is 15.6. The first-order valence-corrected chi connectivity index (χ1v) is 10.9. The van der Waals surface area contributed by atoms with Crippen molar-refractivity contribution in [2.24, 2.45) is 0 Å². The topological polar surface area (TPSA) is 93.5 Å². The molecule has 0 radical (unpaired) electrons. The highest BCUT2D eigenvalue weighted by Crippen LogP contribution is 2.26. The number of nitrogens with zero attached hydrogens (tertiary/aromatic N) is 1. The third-order valence-corrected chi connectivity index (χ3v) is 5.42. The minimum absolute atomic E-state index is 0.166. The number of rotatable bonds is 8. The van der Waals surface area contributed by atoms with Gasteiger partial charge in [0.05, 0.1) is 25.0 Å². The smallest absolute Gasteiger partial charge is 0.291 e. The van der Waals surface area contributed by atoms with Gasteiger partial charge < -0.3 is 19.8 Å². The minimum atomic E-state index is -0.335. The van der Waals surface area contributed by atoms with Gasteiger partial charge in [-0.2, -0.15) is 0 Å². The molecule has 32 heavy (non-hydrogen) atoms. The van der Waals surface area contributed by atoms with E-state index in [0.717, 1.165) is 16.3 Å². The van der Waals surface area contributed by atoms with E-state index in [4.69, 9.17) is 9.15 Å². The number of carbonyl (C=O) groups is 2. The number of thiazole rings is 1. The molecule has 0 saturated carbocycles. The zero-order valence-electron chi connectivity index (χ0n) is 17.3. The van der Waals surface area contributed by atoms with E-state index in [9.17, 15) is 9.59 Å². The van der Waals surface area contributed by atoms with E-state index in [1.54, 1.807) is 36.4 Å². The van der Waals surface area contributed by atoms with E-state index >= 15 is 0 Å². The van der Waals surface area contributed by atoms with Crippen molar-refractivity contribution in [1.29, 1.82) is 0 Å². The highest BCUT2D eigenvalue weighted by atomic mass is 32.1. The van der Waals surface area contributed by atoms with Crippen molar-refractivity contribution in [2.45, 2.75) is 13.3 Å². The summed E-state index contributed by atoms with van der Waals surface area (Å²) in [6.45, 7) is 2.57. The number of amides is 2. The Morgan fingerprint density at radius 1 is 1.00 bits per heavy atom. The number of hydrogen-bond donors (Lipinski definition) is 2. The van der Waals surface area contributed by atoms with Gasteiger partial charge in [-0.25, -0.2) is 4.98 Å². The monoisotopic (exact) mass is 447 g/mol. The Bertz CT molecular complexity index is 1180. The molecule has 162 valence electrons. The van der Waals surface area contributed by atoms with Crippen LogP contribution in [-0.4, -0.2) is 23.4 Å². The third-order valence-electron chi connectivity index (χ3n) is 4.48. The Morgan fingerprint density at radius 3 is 2.38 bits per heavy atom. The molecule has 0 fully saturated rings. The second kappa shape index (κ2) is 9.93. The van der Waals surface area contributed by atoms with Gasteiger partial charge in [-0.3, -0.25) is 9.59 Å². The van der Waals surface area contributed by atoms with E-state index in [1.807, 2.05) is 36.6 Å². The number of ether oxygens (including phenoxy) is 1. The molecule has 0 aliphatic carbocycles. The molecular weight excluding hydrogens is 426 g/mol. The van der Waals surface area contributed by atoms with Crippen LogP contribution in [0, 0.1) is 0 Å². The molecule has 8 heteroatoms. The second-order valence-corrected chi connectivity index (χ2v) is 7.69. The second-order valence-electron chi connectivity index (χ2n) is 6.84. The average Bonchev–Trinajstić information content (AvgIpc) is 3.48. The number of aromatic nitrogens is 1. The lowest BCUT2D eigenvalue weighted by atomic mass is 10.2. The zero-order valence-corrected chi connectivity index (χ0v) is 18.1. The molecule has 0 aliphatic rings. The first-order valence-electron chi connectivity index (χ1n) is 10.0. The summed E-state index contributed by atoms with van der Waals surface area (Å²) >= 11 is 1.50. The summed E-state index contributed by atoms with van der Waals surface area (Å²) in [5.41, 5.74) is 2.92. The summed E-state index contributed by atoms with van der Waals surface area (Å²) in [7, 11) is 0. The van der Waals surface area contributed by atoms with Crippen molar-refractivity contribution < 1.29 is 18.7 Å². The van der Waals surface area contributed by atoms with Gasteiger partial charge in [-0.15, -0.1) is 11.3 Å². The summed E-state index contributed by atoms with van der Waals surface area (Å²) in [6, 6.07) is 17.8. The fraction of sp³-hybridized carbons (Fsp3) is 0.125. The van der Waals surface area contributed by atoms with Crippen molar-refractivity contribution in [2.75, 3.05) is 17.2 Å². The van der Waals surface area contributed by atoms with Crippen LogP contribution in [0.25, 0.3) is 10.6 Å². The Morgan fingerprint density at radius 2 is 1.72 bits per heavy atom. The number of anilines is 2. The van der Waals surface area contributed by atoms with Gasteiger partial charge in [0.25, 0.3) is 5.91 Å². The molecule has 2 heterocycles. The number of nitrogens with one attached hydrogen (secondary N) is 2. The van der Waals surface area contributed by atoms with Gasteiger partial charge in [-0.05, 0) is 67.6 Å². The van der Waals surface area contributed by atoms with Gasteiger partial charge in [0.2, 0.25) is 5.91 Å². The molecule has 4 aromatic rings. The van der Waals surface area contributed by atoms with Gasteiger partial charge in [0, 0.05) is 22.3 Å². The highest BCUT2D eigenvalue weighted by molar-refractivity contribution is 7.13. The molecule has 2 N–H and O–H groups in total. The van der Waals surface area contributed by atoms with Gasteiger partial charge in [0.15, 0.2) is 5.76 Å². The number of furan rings is 1. The lowest BCUT2D eigenvalue weighted by molar-refractivity contribution is -0.115. The first kappa shape index (κ1) is 21.3. The van der Waals surface area contributed by atoms with E-state index < -0.39 is 0 Å². The summed E-state index contributed by atoms with van der Waals surface area (Å²) in [5.74, 6) is 0.550. The molecule has 0 spiro atoms. The fourth-order valence-electron chi connectivity index (χ4n) is 2.99. The molecule has 4 rings (SSSR count). The molecule has 0 bridgehead atoms. The lowest BCUT2D eigenvalue weighted by Crippen LogP contribution is -2.15. The van der Waals surface area contributed by atoms with Gasteiger partial charge in [-0.1, -0.05) is 0 Å². The maximum Gasteiger partial charge on any atom is 0.291 e. The van der Waals surface area contributed by atoms with E-state index in [2.05, 4.69) is 15.6 Å². The quantitative estimate of drug-likeness (QED) is 0.385. The zero-order chi connectivity index (χ0) is 22.3. The standard InChI is InChI=1S/C24H21N3O4S/c1-2-30-20-11-5-16(6-12-20)24-27-19(15-32-24)14-22(28)25-17-7-9-18(10-8-17)26-23(29)21-4-3-13-31-21/h3-13,15H,2,14H2,1H3,(H,25,28)(H,26,29). The predicted octanol–water partition coefficient (Wildman–Crippen LogP) is 5.24. The molecule has 2 amide bonds. The van der Waals surface area contributed by atoms with Crippen LogP contribution in [0.2, 0.25) is 0 Å². The molecule has 2 aromatic heterocycles. The molecular formula is C24H21N3O4S. The lowest BCUT2D eigenvalue weighted by Gasteiger charge is -2.07. The summed E-state index contributed by atoms with van der Waals surface area (Å²) in [5, 5.41) is 8.32. The van der Waals surface area contributed by atoms with Crippen LogP contribution >= 0.6 is 11.3 Å². The molecule has 0 unspecified atom stereocenters. The number of benzene rings is 2. The molecule has 0 atom stereocenters. The molecule has 7 nitrogen and oxygen atoms in total. The largest absolute Gasteiger partial charge is 0.494 e. The van der Waals surface area contributed by atoms with Crippen LogP contribution in [0.3, 0.4) is 0 Å². The molecule has 0 aliphatic heterocycles. The van der Waals surface area contributed by atoms with E-state index in [-0.39, 0.29) is 24.0 Å². The Labute approximate surface area is 189 Å². The van der Waals surface area contributed by atoms with Gasteiger partial charge in [0.1, 0.15) is 10.8 Å². The number of carbonyl (C=O) groups excluding carboxylic acids is 2. The maximum absolute atomic E-state index is 12.4. The number of hydrogen-bond acceptors (Lipinski definition) is 6. The summed E-state index contributed by atoms with van der Waals surface area (Å²) in [4.78, 5) is 29.0. The van der Waals surface area contributed by atoms with Crippen molar-refractivity contribution in [1.82, 2.24) is 4.98 Å². The van der Waals surface area contributed by atoms with E-state index in [0.29, 0.717) is 23.7 Å². The van der Waals surface area contributed by atoms with Crippen molar-refractivity contribution >= 4 is 34.5 Å². The SMILES string of the molecule is CCOc1ccc(-c2nc(CC(=O)Nc3ccc(NC(=O)c4ccco4)cc3)cs2)cc1. The summed E-state index contributed by atoms with van der Waals surface area (Å²) < 4.78 is 10.5. The van der Waals surface area contributed by atoms with Crippen molar-refractivity contribution in [3.05, 3.63) is 83.8 Å². The van der Waals surface area contributed by atoms with Crippen molar-refractivity contribution in [3.63, 3.8) is 0 Å². The fourth-order valence-corrected chi connectivity index (χ4v) is 3.81. The van der Waals surface area contributed by atoms with Crippen LogP contribution in [-0.2, 0) is 11.2 Å². The minimum Gasteiger partial charge on any atom is -0.494 e. The predicted molar refractivity (Wildman–Crippen MR) is 124 cm³/mol. The van der Waals surface area contributed by atoms with Crippen LogP contribution in [0.4, 0.5) is 11.4 Å². The van der Waals surface area contributed by atoms with Crippen LogP contribution in [0.15, 0.2) is 76.7 Å². The summed E-state index contributed by atoms with van der Waals surface area (Å²) in [6.07, 6.45) is 1.61. The highest BCUT2D eigenvalue weighted by Gasteiger charge is 2.11. The molecule has 0 saturated heterocycles. The van der Waals surface area contributed by atoms with Crippen molar-refractivity contribution in [3.8, 4) is 16.3 Å². The Kier molecular flexibility index (Phi) is 6.62. The van der Waals surface area contributed by atoms with E-state index in [1.165, 1.54) is 17.6 Å². The average molecular weight is 448 g/mol. The van der Waals surface area contributed by atoms with Crippen LogP contribution in [0.5, 0.6) is 5.75 Å². The Hall–Kier alpha value is -3.91. The Balaban J connectivity index is 1.31. The van der Waals surface area contributed by atoms with Crippen LogP contribution < -0.4 is 15.4 Å². The normalized spacial score (nSPS) is 10.5.